The lowest BCUT2D eigenvalue weighted by Crippen LogP contribution is -2.26. The number of aliphatic hydroxyl groups is 1. The molecule has 2 aromatic rings. The van der Waals surface area contributed by atoms with Crippen LogP contribution in [0, 0.1) is 5.82 Å². The molecule has 0 bridgehead atoms. The summed E-state index contributed by atoms with van der Waals surface area (Å²) in [4.78, 5) is 17.5. The number of benzene rings is 1. The van der Waals surface area contributed by atoms with Crippen molar-refractivity contribution in [2.75, 3.05) is 20.2 Å². The molecule has 7 heteroatoms. The lowest BCUT2D eigenvalue weighted by atomic mass is 10.2. The highest BCUT2D eigenvalue weighted by Gasteiger charge is 2.21. The van der Waals surface area contributed by atoms with Crippen LogP contribution >= 0.6 is 0 Å². The molecule has 1 unspecified atom stereocenters. The van der Waals surface area contributed by atoms with Gasteiger partial charge in [0, 0.05) is 12.6 Å². The Morgan fingerprint density at radius 3 is 2.86 bits per heavy atom. The standard InChI is InChI=1S/C14H18FN3O3/c1-9(14(20)21)18-12-4-3-10(15)7-11(12)16-13(18)8-17(2)5-6-19/h3-4,7,9,19H,5-6,8H2,1-2H3,(H,20,21). The van der Waals surface area contributed by atoms with Gasteiger partial charge in [-0.05, 0) is 26.1 Å². The van der Waals surface area contributed by atoms with E-state index in [0.29, 0.717) is 29.9 Å². The lowest BCUT2D eigenvalue weighted by Gasteiger charge is -2.18. The number of carbonyl (C=O) groups is 1. The van der Waals surface area contributed by atoms with Crippen LogP contribution in [0.15, 0.2) is 18.2 Å². The van der Waals surface area contributed by atoms with Crippen LogP contribution in [0.4, 0.5) is 4.39 Å². The quantitative estimate of drug-likeness (QED) is 0.838. The average molecular weight is 295 g/mol. The van der Waals surface area contributed by atoms with E-state index in [2.05, 4.69) is 4.98 Å². The van der Waals surface area contributed by atoms with E-state index >= 15 is 0 Å². The molecule has 1 aromatic heterocycles. The number of imidazole rings is 1. The van der Waals surface area contributed by atoms with Crippen molar-refractivity contribution in [2.24, 2.45) is 0 Å². The molecule has 0 spiro atoms. The molecule has 0 saturated heterocycles. The van der Waals surface area contributed by atoms with Crippen molar-refractivity contribution in [2.45, 2.75) is 19.5 Å². The van der Waals surface area contributed by atoms with E-state index in [9.17, 15) is 14.3 Å². The third-order valence-corrected chi connectivity index (χ3v) is 3.36. The number of aromatic nitrogens is 2. The Hall–Kier alpha value is -1.99. The van der Waals surface area contributed by atoms with E-state index in [-0.39, 0.29) is 6.61 Å². The number of carboxylic acid groups (broad SMARTS) is 1. The summed E-state index contributed by atoms with van der Waals surface area (Å²) in [5.41, 5.74) is 1.01. The van der Waals surface area contributed by atoms with Crippen molar-refractivity contribution in [1.29, 1.82) is 0 Å². The van der Waals surface area contributed by atoms with E-state index in [4.69, 9.17) is 5.11 Å². The van der Waals surface area contributed by atoms with Crippen LogP contribution in [0.3, 0.4) is 0 Å². The smallest absolute Gasteiger partial charge is 0.326 e. The molecule has 0 amide bonds. The van der Waals surface area contributed by atoms with Gasteiger partial charge in [0.25, 0.3) is 0 Å². The van der Waals surface area contributed by atoms with Crippen LogP contribution < -0.4 is 0 Å². The van der Waals surface area contributed by atoms with E-state index in [0.717, 1.165) is 0 Å². The number of aliphatic hydroxyl groups excluding tert-OH is 1. The van der Waals surface area contributed by atoms with Gasteiger partial charge in [0.05, 0.1) is 24.2 Å². The molecule has 0 aliphatic heterocycles. The molecule has 0 radical (unpaired) electrons. The summed E-state index contributed by atoms with van der Waals surface area (Å²) in [6, 6.07) is 3.30. The van der Waals surface area contributed by atoms with E-state index in [1.165, 1.54) is 18.2 Å². The highest BCUT2D eigenvalue weighted by molar-refractivity contribution is 5.80. The Balaban J connectivity index is 2.51. The van der Waals surface area contributed by atoms with E-state index in [1.54, 1.807) is 18.5 Å². The Kier molecular flexibility index (Phi) is 4.54. The van der Waals surface area contributed by atoms with Gasteiger partial charge in [-0.2, -0.15) is 0 Å². The Morgan fingerprint density at radius 1 is 1.52 bits per heavy atom. The summed E-state index contributed by atoms with van der Waals surface area (Å²) < 4.78 is 14.9. The van der Waals surface area contributed by atoms with Gasteiger partial charge < -0.3 is 14.8 Å². The third-order valence-electron chi connectivity index (χ3n) is 3.36. The van der Waals surface area contributed by atoms with Gasteiger partial charge in [-0.25, -0.2) is 14.2 Å². The maximum atomic E-state index is 13.3. The van der Waals surface area contributed by atoms with Crippen LogP contribution in [0.2, 0.25) is 0 Å². The highest BCUT2D eigenvalue weighted by atomic mass is 19.1. The Labute approximate surface area is 121 Å². The molecule has 1 atom stereocenters. The number of likely N-dealkylation sites (N-methyl/N-ethyl adjacent to an activating group) is 1. The summed E-state index contributed by atoms with van der Waals surface area (Å²) in [5, 5.41) is 18.2. The van der Waals surface area contributed by atoms with E-state index in [1.807, 2.05) is 4.90 Å². The average Bonchev–Trinajstić information content (AvgIpc) is 2.74. The predicted octanol–water partition coefficient (Wildman–Crippen LogP) is 1.25. The molecule has 0 aliphatic rings. The number of halogens is 1. The number of nitrogens with zero attached hydrogens (tertiary/aromatic N) is 3. The Morgan fingerprint density at radius 2 is 2.24 bits per heavy atom. The molecule has 21 heavy (non-hydrogen) atoms. The second kappa shape index (κ2) is 6.19. The number of carboxylic acids is 1. The summed E-state index contributed by atoms with van der Waals surface area (Å²) in [7, 11) is 1.80. The maximum absolute atomic E-state index is 13.3. The van der Waals surface area contributed by atoms with Crippen molar-refractivity contribution in [3.05, 3.63) is 29.8 Å². The minimum Gasteiger partial charge on any atom is -0.480 e. The number of fused-ring (bicyclic) bond motifs is 1. The summed E-state index contributed by atoms with van der Waals surface area (Å²) in [6.07, 6.45) is 0. The first-order valence-electron chi connectivity index (χ1n) is 6.62. The van der Waals surface area contributed by atoms with Crippen molar-refractivity contribution in [3.8, 4) is 0 Å². The van der Waals surface area contributed by atoms with Crippen molar-refractivity contribution < 1.29 is 19.4 Å². The van der Waals surface area contributed by atoms with Gasteiger partial charge in [-0.3, -0.25) is 4.90 Å². The van der Waals surface area contributed by atoms with Gasteiger partial charge in [0.15, 0.2) is 0 Å². The van der Waals surface area contributed by atoms with E-state index < -0.39 is 17.8 Å². The van der Waals surface area contributed by atoms with Gasteiger partial charge in [-0.1, -0.05) is 0 Å². The first-order chi connectivity index (χ1) is 9.93. The first-order valence-corrected chi connectivity index (χ1v) is 6.62. The molecule has 1 heterocycles. The molecule has 2 rings (SSSR count). The molecule has 0 aliphatic carbocycles. The monoisotopic (exact) mass is 295 g/mol. The molecular formula is C14H18FN3O3. The van der Waals surface area contributed by atoms with Crippen molar-refractivity contribution in [3.63, 3.8) is 0 Å². The fraction of sp³-hybridized carbons (Fsp3) is 0.429. The van der Waals surface area contributed by atoms with Gasteiger partial charge >= 0.3 is 5.97 Å². The number of rotatable bonds is 6. The second-order valence-electron chi connectivity index (χ2n) is 5.01. The van der Waals surface area contributed by atoms with Crippen LogP contribution in [0.5, 0.6) is 0 Å². The van der Waals surface area contributed by atoms with Gasteiger partial charge in [0.2, 0.25) is 0 Å². The molecule has 0 fully saturated rings. The summed E-state index contributed by atoms with van der Waals surface area (Å²) in [6.45, 7) is 2.37. The van der Waals surface area contributed by atoms with Crippen LogP contribution in [0.25, 0.3) is 11.0 Å². The summed E-state index contributed by atoms with van der Waals surface area (Å²) in [5.74, 6) is -0.864. The molecule has 114 valence electrons. The fourth-order valence-electron chi connectivity index (χ4n) is 2.27. The third kappa shape index (κ3) is 3.20. The second-order valence-corrected chi connectivity index (χ2v) is 5.01. The topological polar surface area (TPSA) is 78.6 Å². The predicted molar refractivity (Wildman–Crippen MR) is 75.5 cm³/mol. The van der Waals surface area contributed by atoms with Gasteiger partial charge in [-0.15, -0.1) is 0 Å². The minimum atomic E-state index is -0.982. The molecule has 1 aromatic carbocycles. The van der Waals surface area contributed by atoms with Crippen LogP contribution in [0.1, 0.15) is 18.8 Å². The number of hydrogen-bond donors (Lipinski definition) is 2. The number of hydrogen-bond acceptors (Lipinski definition) is 4. The molecule has 6 nitrogen and oxygen atoms in total. The largest absolute Gasteiger partial charge is 0.480 e. The molecule has 0 saturated carbocycles. The van der Waals surface area contributed by atoms with Crippen LogP contribution in [-0.2, 0) is 11.3 Å². The SMILES string of the molecule is CC(C(=O)O)n1c(CN(C)CCO)nc2cc(F)ccc21. The highest BCUT2D eigenvalue weighted by Crippen LogP contribution is 2.23. The van der Waals surface area contributed by atoms with Crippen molar-refractivity contribution in [1.82, 2.24) is 14.5 Å². The first kappa shape index (κ1) is 15.4. The minimum absolute atomic E-state index is 0.000158. The van der Waals surface area contributed by atoms with Crippen LogP contribution in [-0.4, -0.2) is 50.8 Å². The number of aliphatic carboxylic acids is 1. The fourth-order valence-corrected chi connectivity index (χ4v) is 2.27. The molecular weight excluding hydrogens is 277 g/mol. The zero-order valence-corrected chi connectivity index (χ0v) is 12.0. The lowest BCUT2D eigenvalue weighted by molar-refractivity contribution is -0.140. The zero-order chi connectivity index (χ0) is 15.6. The Bertz CT molecular complexity index is 656. The maximum Gasteiger partial charge on any atom is 0.326 e. The molecule has 2 N–H and O–H groups in total. The van der Waals surface area contributed by atoms with Gasteiger partial charge in [0.1, 0.15) is 17.7 Å². The normalized spacial score (nSPS) is 13.0. The summed E-state index contributed by atoms with van der Waals surface area (Å²) >= 11 is 0. The van der Waals surface area contributed by atoms with Crippen molar-refractivity contribution >= 4 is 17.0 Å². The zero-order valence-electron chi connectivity index (χ0n) is 12.0.